The van der Waals surface area contributed by atoms with Crippen molar-refractivity contribution in [2.24, 2.45) is 5.73 Å². The molecule has 1 rings (SSSR count). The summed E-state index contributed by atoms with van der Waals surface area (Å²) < 4.78 is 0. The molecule has 0 bridgehead atoms. The molecule has 1 heterocycles. The molecule has 5 heteroatoms. The molecule has 0 aliphatic rings. The number of rotatable bonds is 4. The number of pyridine rings is 1. The van der Waals surface area contributed by atoms with Crippen molar-refractivity contribution in [2.75, 3.05) is 18.5 Å². The Hall–Kier alpha value is -2.09. The lowest BCUT2D eigenvalue weighted by atomic mass is 10.3. The van der Waals surface area contributed by atoms with Crippen LogP contribution in [0.2, 0.25) is 0 Å². The zero-order valence-corrected chi connectivity index (χ0v) is 8.47. The fraction of sp³-hybridized carbons (Fsp3) is 0.300. The SMILES string of the molecule is CN(CCC#N)c1ccnc(C(N)=O)c1. The lowest BCUT2D eigenvalue weighted by Crippen LogP contribution is -2.20. The van der Waals surface area contributed by atoms with Gasteiger partial charge in [-0.2, -0.15) is 5.26 Å². The van der Waals surface area contributed by atoms with Gasteiger partial charge in [-0.3, -0.25) is 9.78 Å². The summed E-state index contributed by atoms with van der Waals surface area (Å²) in [5, 5.41) is 8.44. The number of nitrogens with zero attached hydrogens (tertiary/aromatic N) is 3. The molecular weight excluding hydrogens is 192 g/mol. The minimum absolute atomic E-state index is 0.233. The van der Waals surface area contributed by atoms with E-state index in [4.69, 9.17) is 11.0 Å². The van der Waals surface area contributed by atoms with Crippen LogP contribution >= 0.6 is 0 Å². The fourth-order valence-corrected chi connectivity index (χ4v) is 1.14. The molecule has 0 saturated heterocycles. The molecule has 1 aromatic rings. The van der Waals surface area contributed by atoms with Crippen LogP contribution in [-0.2, 0) is 0 Å². The van der Waals surface area contributed by atoms with Gasteiger partial charge in [0.2, 0.25) is 0 Å². The summed E-state index contributed by atoms with van der Waals surface area (Å²) in [5.41, 5.74) is 6.17. The quantitative estimate of drug-likeness (QED) is 0.775. The summed E-state index contributed by atoms with van der Waals surface area (Å²) in [6.45, 7) is 0.610. The number of carbonyl (C=O) groups is 1. The fourth-order valence-electron chi connectivity index (χ4n) is 1.14. The van der Waals surface area contributed by atoms with E-state index in [1.807, 2.05) is 11.9 Å². The van der Waals surface area contributed by atoms with Crippen molar-refractivity contribution in [1.82, 2.24) is 4.98 Å². The Balaban J connectivity index is 2.81. The number of primary amides is 1. The maximum atomic E-state index is 10.9. The topological polar surface area (TPSA) is 83.0 Å². The van der Waals surface area contributed by atoms with Gasteiger partial charge in [0.05, 0.1) is 12.5 Å². The number of anilines is 1. The first kappa shape index (κ1) is 11.0. The molecule has 78 valence electrons. The molecule has 1 aromatic heterocycles. The van der Waals surface area contributed by atoms with Crippen LogP contribution in [0.25, 0.3) is 0 Å². The molecule has 0 radical (unpaired) electrons. The smallest absolute Gasteiger partial charge is 0.267 e. The summed E-state index contributed by atoms with van der Waals surface area (Å²) in [4.78, 5) is 16.6. The standard InChI is InChI=1S/C10H12N4O/c1-14(6-2-4-11)8-3-5-13-9(7-8)10(12)15/h3,5,7H,2,6H2,1H3,(H2,12,15). The highest BCUT2D eigenvalue weighted by atomic mass is 16.1. The Kier molecular flexibility index (Phi) is 3.63. The van der Waals surface area contributed by atoms with E-state index in [2.05, 4.69) is 11.1 Å². The summed E-state index contributed by atoms with van der Waals surface area (Å²) >= 11 is 0. The molecule has 5 nitrogen and oxygen atoms in total. The number of amides is 1. The van der Waals surface area contributed by atoms with Crippen molar-refractivity contribution < 1.29 is 4.79 Å². The lowest BCUT2D eigenvalue weighted by molar-refractivity contribution is 0.0995. The van der Waals surface area contributed by atoms with Crippen LogP contribution in [0.15, 0.2) is 18.3 Å². The Morgan fingerprint density at radius 1 is 1.73 bits per heavy atom. The van der Waals surface area contributed by atoms with Crippen molar-refractivity contribution in [2.45, 2.75) is 6.42 Å². The second-order valence-corrected chi connectivity index (χ2v) is 3.09. The second-order valence-electron chi connectivity index (χ2n) is 3.09. The molecule has 0 spiro atoms. The first-order valence-corrected chi connectivity index (χ1v) is 4.49. The van der Waals surface area contributed by atoms with E-state index in [1.54, 1.807) is 12.1 Å². The van der Waals surface area contributed by atoms with Gasteiger partial charge in [0.25, 0.3) is 5.91 Å². The van der Waals surface area contributed by atoms with Gasteiger partial charge in [-0.05, 0) is 12.1 Å². The summed E-state index contributed by atoms with van der Waals surface area (Å²) in [6, 6.07) is 5.44. The van der Waals surface area contributed by atoms with Crippen LogP contribution < -0.4 is 10.6 Å². The van der Waals surface area contributed by atoms with Crippen molar-refractivity contribution >= 4 is 11.6 Å². The van der Waals surface area contributed by atoms with Gasteiger partial charge in [0, 0.05) is 25.5 Å². The number of hydrogen-bond donors (Lipinski definition) is 1. The van der Waals surface area contributed by atoms with Gasteiger partial charge < -0.3 is 10.6 Å². The Labute approximate surface area is 88.1 Å². The van der Waals surface area contributed by atoms with Gasteiger partial charge >= 0.3 is 0 Å². The van der Waals surface area contributed by atoms with Crippen LogP contribution in [0.1, 0.15) is 16.9 Å². The maximum Gasteiger partial charge on any atom is 0.267 e. The van der Waals surface area contributed by atoms with Crippen LogP contribution in [0, 0.1) is 11.3 Å². The summed E-state index contributed by atoms with van der Waals surface area (Å²) in [6.07, 6.45) is 1.96. The number of nitrogens with two attached hydrogens (primary N) is 1. The van der Waals surface area contributed by atoms with Crippen molar-refractivity contribution in [3.05, 3.63) is 24.0 Å². The van der Waals surface area contributed by atoms with E-state index in [9.17, 15) is 4.79 Å². The van der Waals surface area contributed by atoms with Crippen molar-refractivity contribution in [3.63, 3.8) is 0 Å². The summed E-state index contributed by atoms with van der Waals surface area (Å²) in [5.74, 6) is -0.550. The van der Waals surface area contributed by atoms with Crippen LogP contribution in [0.5, 0.6) is 0 Å². The zero-order valence-electron chi connectivity index (χ0n) is 8.47. The molecule has 0 aliphatic heterocycles. The van der Waals surface area contributed by atoms with E-state index in [0.717, 1.165) is 5.69 Å². The second kappa shape index (κ2) is 4.96. The highest BCUT2D eigenvalue weighted by Crippen LogP contribution is 2.12. The maximum absolute atomic E-state index is 10.9. The van der Waals surface area contributed by atoms with Gasteiger partial charge in [-0.1, -0.05) is 0 Å². The van der Waals surface area contributed by atoms with Crippen molar-refractivity contribution in [1.29, 1.82) is 5.26 Å². The van der Waals surface area contributed by atoms with Gasteiger partial charge in [-0.25, -0.2) is 0 Å². The molecule has 15 heavy (non-hydrogen) atoms. The minimum Gasteiger partial charge on any atom is -0.373 e. The average Bonchev–Trinajstić information content (AvgIpc) is 2.26. The number of nitriles is 1. The van der Waals surface area contributed by atoms with E-state index < -0.39 is 5.91 Å². The monoisotopic (exact) mass is 204 g/mol. The molecule has 0 atom stereocenters. The minimum atomic E-state index is -0.550. The Morgan fingerprint density at radius 2 is 2.47 bits per heavy atom. The van der Waals surface area contributed by atoms with Gasteiger partial charge in [0.15, 0.2) is 0 Å². The highest BCUT2D eigenvalue weighted by molar-refractivity contribution is 5.91. The van der Waals surface area contributed by atoms with E-state index in [-0.39, 0.29) is 5.69 Å². The van der Waals surface area contributed by atoms with Gasteiger partial charge in [0.1, 0.15) is 5.69 Å². The van der Waals surface area contributed by atoms with E-state index >= 15 is 0 Å². The van der Waals surface area contributed by atoms with E-state index in [0.29, 0.717) is 13.0 Å². The Morgan fingerprint density at radius 3 is 3.07 bits per heavy atom. The number of carbonyl (C=O) groups excluding carboxylic acids is 1. The normalized spacial score (nSPS) is 9.33. The molecule has 2 N–H and O–H groups in total. The first-order chi connectivity index (χ1) is 7.15. The predicted molar refractivity (Wildman–Crippen MR) is 56.3 cm³/mol. The summed E-state index contributed by atoms with van der Waals surface area (Å²) in [7, 11) is 1.84. The first-order valence-electron chi connectivity index (χ1n) is 4.49. The molecule has 1 amide bonds. The average molecular weight is 204 g/mol. The largest absolute Gasteiger partial charge is 0.373 e. The zero-order chi connectivity index (χ0) is 11.3. The molecule has 0 aliphatic carbocycles. The third-order valence-corrected chi connectivity index (χ3v) is 2.00. The third-order valence-electron chi connectivity index (χ3n) is 2.00. The van der Waals surface area contributed by atoms with Gasteiger partial charge in [-0.15, -0.1) is 0 Å². The van der Waals surface area contributed by atoms with Crippen LogP contribution in [-0.4, -0.2) is 24.5 Å². The van der Waals surface area contributed by atoms with Crippen LogP contribution in [0.4, 0.5) is 5.69 Å². The number of aromatic nitrogens is 1. The molecule has 0 aromatic carbocycles. The molecule has 0 saturated carbocycles. The molecular formula is C10H12N4O. The lowest BCUT2D eigenvalue weighted by Gasteiger charge is -2.17. The highest BCUT2D eigenvalue weighted by Gasteiger charge is 2.05. The third kappa shape index (κ3) is 2.95. The van der Waals surface area contributed by atoms with Crippen molar-refractivity contribution in [3.8, 4) is 6.07 Å². The van der Waals surface area contributed by atoms with E-state index in [1.165, 1.54) is 6.20 Å². The predicted octanol–water partition coefficient (Wildman–Crippen LogP) is 0.530. The molecule has 0 fully saturated rings. The molecule has 0 unspecified atom stereocenters. The number of hydrogen-bond acceptors (Lipinski definition) is 4. The van der Waals surface area contributed by atoms with Crippen LogP contribution in [0.3, 0.4) is 0 Å². The Bertz CT molecular complexity index is 397.